The zero-order chi connectivity index (χ0) is 24.1. The molecule has 0 spiro atoms. The molecule has 5 aliphatic carbocycles. The predicted octanol–water partition coefficient (Wildman–Crippen LogP) is 8.43. The van der Waals surface area contributed by atoms with Crippen molar-refractivity contribution in [3.63, 3.8) is 0 Å². The Labute approximate surface area is 204 Å². The van der Waals surface area contributed by atoms with Crippen LogP contribution in [0.1, 0.15) is 126 Å². The molecule has 2 nitrogen and oxygen atoms in total. The Morgan fingerprint density at radius 3 is 2.06 bits per heavy atom. The molecule has 2 heteroatoms. The van der Waals surface area contributed by atoms with Crippen molar-refractivity contribution in [1.82, 2.24) is 0 Å². The third-order valence-corrected chi connectivity index (χ3v) is 13.9. The molecule has 0 N–H and O–H groups in total. The Morgan fingerprint density at radius 1 is 0.727 bits per heavy atom. The molecule has 0 bridgehead atoms. The van der Waals surface area contributed by atoms with Crippen LogP contribution in [-0.4, -0.2) is 13.1 Å². The van der Waals surface area contributed by atoms with Gasteiger partial charge in [0.15, 0.2) is 0 Å². The Morgan fingerprint density at radius 2 is 1.36 bits per heavy atom. The van der Waals surface area contributed by atoms with Gasteiger partial charge < -0.3 is 4.74 Å². The Balaban J connectivity index is 1.62. The number of esters is 1. The van der Waals surface area contributed by atoms with Gasteiger partial charge in [0.05, 0.1) is 12.5 Å². The molecule has 0 unspecified atom stereocenters. The maximum absolute atomic E-state index is 14.0. The van der Waals surface area contributed by atoms with E-state index in [1.54, 1.807) is 7.11 Å². The number of methoxy groups -OCH3 is 1. The van der Waals surface area contributed by atoms with Gasteiger partial charge >= 0.3 is 5.97 Å². The highest BCUT2D eigenvalue weighted by molar-refractivity contribution is 5.78. The van der Waals surface area contributed by atoms with Gasteiger partial charge in [-0.05, 0) is 115 Å². The molecule has 33 heavy (non-hydrogen) atoms. The van der Waals surface area contributed by atoms with Crippen molar-refractivity contribution in [2.24, 2.45) is 56.2 Å². The average molecular weight is 457 g/mol. The summed E-state index contributed by atoms with van der Waals surface area (Å²) in [5.41, 5.74) is 1.53. The second-order valence-corrected chi connectivity index (χ2v) is 15.4. The molecule has 188 valence electrons. The Kier molecular flexibility index (Phi) is 5.31. The van der Waals surface area contributed by atoms with Crippen molar-refractivity contribution in [1.29, 1.82) is 0 Å². The number of hydrogen-bond acceptors (Lipinski definition) is 2. The van der Waals surface area contributed by atoms with Gasteiger partial charge in [0, 0.05) is 0 Å². The van der Waals surface area contributed by atoms with Crippen molar-refractivity contribution < 1.29 is 9.53 Å². The minimum Gasteiger partial charge on any atom is -0.469 e. The molecule has 5 fully saturated rings. The number of ether oxygens (including phenoxy) is 1. The van der Waals surface area contributed by atoms with Gasteiger partial charge in [-0.15, -0.1) is 0 Å². The van der Waals surface area contributed by atoms with E-state index >= 15 is 0 Å². The van der Waals surface area contributed by atoms with E-state index in [-0.39, 0.29) is 16.8 Å². The van der Waals surface area contributed by atoms with E-state index in [2.05, 4.69) is 48.5 Å². The molecular weight excluding hydrogens is 404 g/mol. The highest BCUT2D eigenvalue weighted by Gasteiger charge is 2.73. The zero-order valence-electron chi connectivity index (χ0n) is 23.1. The van der Waals surface area contributed by atoms with Crippen LogP contribution in [0.25, 0.3) is 0 Å². The van der Waals surface area contributed by atoms with Gasteiger partial charge in [0.1, 0.15) is 0 Å². The SMILES string of the molecule is COC(=O)[C@@]12CC[C@@]3(C)[C@@H]4CC(C)(C)CC[C@]4(C)CC[C@]3(C)[C@H]1CC[C@@]1(C)[C@H]2CCC[C@@H]1C. The molecule has 0 aromatic heterocycles. The van der Waals surface area contributed by atoms with E-state index in [0.29, 0.717) is 39.4 Å². The molecule has 0 saturated heterocycles. The van der Waals surface area contributed by atoms with Gasteiger partial charge in [0.2, 0.25) is 0 Å². The standard InChI is InChI=1S/C31H52O2/c1-21-10-9-11-22-28(21,5)13-12-23-29(6)17-16-27(4)15-14-26(2,3)20-24(27)30(29,7)18-19-31(22,23)25(32)33-8/h21-24H,9-20H2,1-8H3/t21-,22+,23+,24+,27+,28+,29+,30-,31+/m0/s1. The lowest BCUT2D eigenvalue weighted by Gasteiger charge is -2.74. The van der Waals surface area contributed by atoms with Gasteiger partial charge in [-0.3, -0.25) is 4.79 Å². The second kappa shape index (κ2) is 7.25. The number of rotatable bonds is 1. The van der Waals surface area contributed by atoms with Gasteiger partial charge in [-0.1, -0.05) is 61.3 Å². The van der Waals surface area contributed by atoms with Crippen molar-refractivity contribution in [2.75, 3.05) is 7.11 Å². The van der Waals surface area contributed by atoms with E-state index in [1.165, 1.54) is 70.6 Å². The topological polar surface area (TPSA) is 26.3 Å². The summed E-state index contributed by atoms with van der Waals surface area (Å²) < 4.78 is 5.76. The summed E-state index contributed by atoms with van der Waals surface area (Å²) in [6.07, 6.45) is 15.5. The van der Waals surface area contributed by atoms with Gasteiger partial charge in [-0.2, -0.15) is 0 Å². The molecule has 9 atom stereocenters. The van der Waals surface area contributed by atoms with Crippen LogP contribution in [0.15, 0.2) is 0 Å². The molecule has 0 aromatic rings. The summed E-state index contributed by atoms with van der Waals surface area (Å²) in [6.45, 7) is 18.0. The first-order valence-electron chi connectivity index (χ1n) is 14.4. The number of carbonyl (C=O) groups is 1. The van der Waals surface area contributed by atoms with Crippen LogP contribution < -0.4 is 0 Å². The van der Waals surface area contributed by atoms with Gasteiger partial charge in [0.25, 0.3) is 0 Å². The van der Waals surface area contributed by atoms with Crippen LogP contribution in [0.5, 0.6) is 0 Å². The Hall–Kier alpha value is -0.530. The van der Waals surface area contributed by atoms with Crippen LogP contribution in [-0.2, 0) is 9.53 Å². The summed E-state index contributed by atoms with van der Waals surface area (Å²) in [4.78, 5) is 14.0. The van der Waals surface area contributed by atoms with E-state index in [1.807, 2.05) is 0 Å². The summed E-state index contributed by atoms with van der Waals surface area (Å²) >= 11 is 0. The highest BCUT2D eigenvalue weighted by atomic mass is 16.5. The Bertz CT molecular complexity index is 816. The van der Waals surface area contributed by atoms with Crippen molar-refractivity contribution in [3.05, 3.63) is 0 Å². The molecule has 0 amide bonds. The third-order valence-electron chi connectivity index (χ3n) is 13.9. The average Bonchev–Trinajstić information content (AvgIpc) is 2.76. The molecular formula is C31H52O2. The fourth-order valence-electron chi connectivity index (χ4n) is 11.4. The summed E-state index contributed by atoms with van der Waals surface area (Å²) in [5.74, 6) is 2.63. The molecule has 0 heterocycles. The summed E-state index contributed by atoms with van der Waals surface area (Å²) in [5, 5.41) is 0. The highest BCUT2D eigenvalue weighted by Crippen LogP contribution is 2.78. The maximum atomic E-state index is 14.0. The van der Waals surface area contributed by atoms with E-state index < -0.39 is 0 Å². The third kappa shape index (κ3) is 2.94. The van der Waals surface area contributed by atoms with E-state index in [9.17, 15) is 4.79 Å². The molecule has 5 aliphatic rings. The van der Waals surface area contributed by atoms with Crippen LogP contribution in [0, 0.1) is 56.2 Å². The minimum atomic E-state index is -0.261. The van der Waals surface area contributed by atoms with Crippen LogP contribution >= 0.6 is 0 Å². The fourth-order valence-corrected chi connectivity index (χ4v) is 11.4. The fraction of sp³-hybridized carbons (Fsp3) is 0.968. The smallest absolute Gasteiger partial charge is 0.312 e. The van der Waals surface area contributed by atoms with E-state index in [4.69, 9.17) is 4.74 Å². The van der Waals surface area contributed by atoms with Crippen LogP contribution in [0.3, 0.4) is 0 Å². The molecule has 0 aliphatic heterocycles. The van der Waals surface area contributed by atoms with Crippen molar-refractivity contribution >= 4 is 5.97 Å². The first kappa shape index (κ1) is 24.2. The van der Waals surface area contributed by atoms with Crippen LogP contribution in [0.2, 0.25) is 0 Å². The number of fused-ring (bicyclic) bond motifs is 7. The second-order valence-electron chi connectivity index (χ2n) is 15.4. The molecule has 0 radical (unpaired) electrons. The lowest BCUT2D eigenvalue weighted by atomic mass is 9.30. The largest absolute Gasteiger partial charge is 0.469 e. The first-order valence-corrected chi connectivity index (χ1v) is 14.4. The quantitative estimate of drug-likeness (QED) is 0.370. The zero-order valence-corrected chi connectivity index (χ0v) is 23.1. The summed E-state index contributed by atoms with van der Waals surface area (Å²) in [7, 11) is 1.67. The number of carbonyl (C=O) groups excluding carboxylic acids is 1. The van der Waals surface area contributed by atoms with Crippen molar-refractivity contribution in [2.45, 2.75) is 126 Å². The molecule has 5 rings (SSSR count). The maximum Gasteiger partial charge on any atom is 0.312 e. The first-order chi connectivity index (χ1) is 15.3. The van der Waals surface area contributed by atoms with E-state index in [0.717, 1.165) is 12.3 Å². The summed E-state index contributed by atoms with van der Waals surface area (Å²) in [6, 6.07) is 0. The number of hydrogen-bond donors (Lipinski definition) is 0. The van der Waals surface area contributed by atoms with Gasteiger partial charge in [-0.25, -0.2) is 0 Å². The monoisotopic (exact) mass is 456 g/mol. The van der Waals surface area contributed by atoms with Crippen LogP contribution in [0.4, 0.5) is 0 Å². The predicted molar refractivity (Wildman–Crippen MR) is 136 cm³/mol. The lowest BCUT2D eigenvalue weighted by Crippen LogP contribution is -2.69. The lowest BCUT2D eigenvalue weighted by molar-refractivity contribution is -0.264. The molecule has 5 saturated carbocycles. The minimum absolute atomic E-state index is 0.151. The van der Waals surface area contributed by atoms with Crippen molar-refractivity contribution in [3.8, 4) is 0 Å². The normalized spacial score (nSPS) is 55.4. The molecule has 0 aromatic carbocycles.